The lowest BCUT2D eigenvalue weighted by molar-refractivity contribution is -0.115. The highest BCUT2D eigenvalue weighted by molar-refractivity contribution is 5.92. The van der Waals surface area contributed by atoms with Crippen molar-refractivity contribution in [3.8, 4) is 5.75 Å². The third kappa shape index (κ3) is 6.20. The van der Waals surface area contributed by atoms with Gasteiger partial charge in [-0.1, -0.05) is 24.3 Å². The number of rotatable bonds is 8. The average Bonchev–Trinajstić information content (AvgIpc) is 2.68. The Morgan fingerprint density at radius 2 is 1.93 bits per heavy atom. The summed E-state index contributed by atoms with van der Waals surface area (Å²) in [5, 5.41) is 5.71. The fourth-order valence-corrected chi connectivity index (χ4v) is 2.48. The van der Waals surface area contributed by atoms with Crippen molar-refractivity contribution in [2.24, 2.45) is 0 Å². The van der Waals surface area contributed by atoms with Crippen molar-refractivity contribution >= 4 is 11.6 Å². The summed E-state index contributed by atoms with van der Waals surface area (Å²) < 4.78 is 18.9. The first kappa shape index (κ1) is 18.5. The lowest BCUT2D eigenvalue weighted by Crippen LogP contribution is -2.27. The first-order valence-corrected chi connectivity index (χ1v) is 8.57. The van der Waals surface area contributed by atoms with Crippen LogP contribution >= 0.6 is 0 Å². The Morgan fingerprint density at radius 3 is 2.74 bits per heavy atom. The second kappa shape index (κ2) is 9.45. The molecule has 5 nitrogen and oxygen atoms in total. The number of pyridine rings is 1. The molecule has 0 aliphatic rings. The fourth-order valence-electron chi connectivity index (χ4n) is 2.48. The fraction of sp³-hybridized carbons (Fsp3) is 0.143. The zero-order valence-corrected chi connectivity index (χ0v) is 14.7. The number of anilines is 1. The Morgan fingerprint density at radius 1 is 1.04 bits per heavy atom. The monoisotopic (exact) mass is 365 g/mol. The third-order valence-electron chi connectivity index (χ3n) is 3.73. The first-order valence-electron chi connectivity index (χ1n) is 8.57. The quantitative estimate of drug-likeness (QED) is 0.641. The van der Waals surface area contributed by atoms with Crippen LogP contribution in [0.5, 0.6) is 5.75 Å². The molecule has 1 amide bonds. The number of carbonyl (C=O) groups is 1. The predicted octanol–water partition coefficient (Wildman–Crippen LogP) is 3.53. The molecule has 0 unspecified atom stereocenters. The lowest BCUT2D eigenvalue weighted by Gasteiger charge is -2.09. The molecule has 0 radical (unpaired) electrons. The summed E-state index contributed by atoms with van der Waals surface area (Å²) in [6.45, 7) is 1.03. The number of amides is 1. The number of hydrogen-bond acceptors (Lipinski definition) is 4. The molecule has 3 rings (SSSR count). The Balaban J connectivity index is 1.44. The molecule has 1 heterocycles. The van der Waals surface area contributed by atoms with Gasteiger partial charge >= 0.3 is 0 Å². The Labute approximate surface area is 157 Å². The van der Waals surface area contributed by atoms with E-state index in [1.165, 1.54) is 12.1 Å². The molecule has 6 heteroatoms. The Kier molecular flexibility index (Phi) is 6.49. The summed E-state index contributed by atoms with van der Waals surface area (Å²) in [6, 6.07) is 19.1. The number of nitrogens with zero attached hydrogens (tertiary/aromatic N) is 1. The molecule has 2 N–H and O–H groups in total. The highest BCUT2D eigenvalue weighted by atomic mass is 19.1. The van der Waals surface area contributed by atoms with Gasteiger partial charge in [0.25, 0.3) is 0 Å². The minimum Gasteiger partial charge on any atom is -0.487 e. The minimum atomic E-state index is -0.386. The number of nitrogens with one attached hydrogen (secondary N) is 2. The molecular weight excluding hydrogens is 345 g/mol. The maximum atomic E-state index is 13.1. The van der Waals surface area contributed by atoms with Gasteiger partial charge in [0.05, 0.1) is 12.2 Å². The van der Waals surface area contributed by atoms with Crippen molar-refractivity contribution in [3.05, 3.63) is 90.0 Å². The number of hydrogen-bond donors (Lipinski definition) is 2. The summed E-state index contributed by atoms with van der Waals surface area (Å²) in [4.78, 5) is 16.1. The minimum absolute atomic E-state index is 0.121. The standard InChI is InChI=1S/C21H20FN3O2/c22-17-6-4-8-18(12-17)25-21(26)14-23-13-16-5-3-9-20(11-16)27-15-19-7-1-2-10-24-19/h1-12,23H,13-15H2,(H,25,26). The van der Waals surface area contributed by atoms with Gasteiger partial charge in [-0.05, 0) is 48.0 Å². The predicted molar refractivity (Wildman–Crippen MR) is 102 cm³/mol. The van der Waals surface area contributed by atoms with Crippen molar-refractivity contribution in [2.45, 2.75) is 13.2 Å². The van der Waals surface area contributed by atoms with E-state index in [0.717, 1.165) is 17.0 Å². The SMILES string of the molecule is O=C(CNCc1cccc(OCc2ccccn2)c1)Nc1cccc(F)c1. The van der Waals surface area contributed by atoms with Gasteiger partial charge in [0.1, 0.15) is 18.2 Å². The van der Waals surface area contributed by atoms with E-state index in [2.05, 4.69) is 15.6 Å². The number of ether oxygens (including phenoxy) is 1. The van der Waals surface area contributed by atoms with Crippen molar-refractivity contribution in [1.82, 2.24) is 10.3 Å². The number of aromatic nitrogens is 1. The molecular formula is C21H20FN3O2. The number of halogens is 1. The maximum Gasteiger partial charge on any atom is 0.238 e. The molecule has 0 fully saturated rings. The van der Waals surface area contributed by atoms with E-state index >= 15 is 0 Å². The maximum absolute atomic E-state index is 13.1. The average molecular weight is 365 g/mol. The lowest BCUT2D eigenvalue weighted by atomic mass is 10.2. The van der Waals surface area contributed by atoms with Gasteiger partial charge in [-0.3, -0.25) is 9.78 Å². The van der Waals surface area contributed by atoms with Crippen LogP contribution in [0.2, 0.25) is 0 Å². The van der Waals surface area contributed by atoms with Gasteiger partial charge in [-0.15, -0.1) is 0 Å². The molecule has 0 atom stereocenters. The van der Waals surface area contributed by atoms with Gasteiger partial charge in [0.2, 0.25) is 5.91 Å². The van der Waals surface area contributed by atoms with Crippen LogP contribution in [-0.2, 0) is 17.9 Å². The Hall–Kier alpha value is -3.25. The van der Waals surface area contributed by atoms with Crippen LogP contribution in [0, 0.1) is 5.82 Å². The second-order valence-corrected chi connectivity index (χ2v) is 5.92. The van der Waals surface area contributed by atoms with Crippen molar-refractivity contribution in [3.63, 3.8) is 0 Å². The van der Waals surface area contributed by atoms with Crippen LogP contribution in [0.4, 0.5) is 10.1 Å². The summed E-state index contributed by atoms with van der Waals surface area (Å²) in [5.74, 6) is 0.121. The normalized spacial score (nSPS) is 10.4. The van der Waals surface area contributed by atoms with E-state index in [-0.39, 0.29) is 18.3 Å². The van der Waals surface area contributed by atoms with E-state index < -0.39 is 0 Å². The summed E-state index contributed by atoms with van der Waals surface area (Å²) in [7, 11) is 0. The second-order valence-electron chi connectivity index (χ2n) is 5.92. The van der Waals surface area contributed by atoms with E-state index in [1.54, 1.807) is 18.3 Å². The Bertz CT molecular complexity index is 887. The van der Waals surface area contributed by atoms with Gasteiger partial charge in [-0.2, -0.15) is 0 Å². The van der Waals surface area contributed by atoms with Crippen LogP contribution in [0.25, 0.3) is 0 Å². The van der Waals surface area contributed by atoms with Gasteiger partial charge in [0, 0.05) is 18.4 Å². The largest absolute Gasteiger partial charge is 0.487 e. The molecule has 0 saturated heterocycles. The summed E-state index contributed by atoms with van der Waals surface area (Å²) in [5.41, 5.74) is 2.29. The van der Waals surface area contributed by atoms with Crippen LogP contribution < -0.4 is 15.4 Å². The topological polar surface area (TPSA) is 63.2 Å². The zero-order chi connectivity index (χ0) is 18.9. The van der Waals surface area contributed by atoms with Crippen molar-refractivity contribution < 1.29 is 13.9 Å². The van der Waals surface area contributed by atoms with Gasteiger partial charge in [0.15, 0.2) is 0 Å². The van der Waals surface area contributed by atoms with Crippen molar-refractivity contribution in [2.75, 3.05) is 11.9 Å². The number of carbonyl (C=O) groups excluding carboxylic acids is 1. The van der Waals surface area contributed by atoms with Crippen molar-refractivity contribution in [1.29, 1.82) is 0 Å². The molecule has 0 saturated carbocycles. The summed E-state index contributed by atoms with van der Waals surface area (Å²) in [6.07, 6.45) is 1.73. The molecule has 0 aliphatic heterocycles. The van der Waals surface area contributed by atoms with E-state index in [0.29, 0.717) is 18.8 Å². The van der Waals surface area contributed by atoms with Crippen LogP contribution in [0.15, 0.2) is 72.9 Å². The molecule has 3 aromatic rings. The zero-order valence-electron chi connectivity index (χ0n) is 14.7. The molecule has 2 aromatic carbocycles. The van der Waals surface area contributed by atoms with Crippen LogP contribution in [0.3, 0.4) is 0 Å². The van der Waals surface area contributed by atoms with E-state index in [4.69, 9.17) is 4.74 Å². The summed E-state index contributed by atoms with van der Waals surface area (Å²) >= 11 is 0. The molecule has 0 bridgehead atoms. The van der Waals surface area contributed by atoms with Crippen LogP contribution in [0.1, 0.15) is 11.3 Å². The highest BCUT2D eigenvalue weighted by Crippen LogP contribution is 2.15. The molecule has 27 heavy (non-hydrogen) atoms. The van der Waals surface area contributed by atoms with E-state index in [9.17, 15) is 9.18 Å². The first-order chi connectivity index (χ1) is 13.2. The van der Waals surface area contributed by atoms with E-state index in [1.807, 2.05) is 42.5 Å². The van der Waals surface area contributed by atoms with Gasteiger partial charge in [-0.25, -0.2) is 4.39 Å². The number of benzene rings is 2. The molecule has 0 aliphatic carbocycles. The smallest absolute Gasteiger partial charge is 0.238 e. The highest BCUT2D eigenvalue weighted by Gasteiger charge is 2.04. The molecule has 1 aromatic heterocycles. The van der Waals surface area contributed by atoms with Gasteiger partial charge < -0.3 is 15.4 Å². The molecule has 138 valence electrons. The van der Waals surface area contributed by atoms with Crippen LogP contribution in [-0.4, -0.2) is 17.4 Å². The molecule has 0 spiro atoms. The third-order valence-corrected chi connectivity index (χ3v) is 3.73.